The van der Waals surface area contributed by atoms with Crippen molar-refractivity contribution in [2.75, 3.05) is 6.61 Å². The Kier molecular flexibility index (Phi) is 5.94. The Morgan fingerprint density at radius 1 is 1.21 bits per heavy atom. The van der Waals surface area contributed by atoms with Crippen molar-refractivity contribution >= 4 is 28.3 Å². The molecular formula is C20H16ClF2NO4. The molecule has 1 heterocycles. The van der Waals surface area contributed by atoms with Gasteiger partial charge in [0.25, 0.3) is 0 Å². The lowest BCUT2D eigenvalue weighted by atomic mass is 10.1. The van der Waals surface area contributed by atoms with Gasteiger partial charge in [0.05, 0.1) is 6.61 Å². The molecule has 146 valence electrons. The highest BCUT2D eigenvalue weighted by molar-refractivity contribution is 6.35. The van der Waals surface area contributed by atoms with Gasteiger partial charge in [0, 0.05) is 10.8 Å². The fourth-order valence-corrected chi connectivity index (χ4v) is 2.75. The molecule has 0 amide bonds. The van der Waals surface area contributed by atoms with Gasteiger partial charge in [0.1, 0.15) is 10.9 Å². The normalized spacial score (nSPS) is 10.9. The minimum atomic E-state index is -1.13. The minimum absolute atomic E-state index is 0.0691. The molecule has 3 aromatic rings. The second-order valence-electron chi connectivity index (χ2n) is 5.95. The van der Waals surface area contributed by atoms with Crippen molar-refractivity contribution in [1.29, 1.82) is 0 Å². The molecule has 0 saturated carbocycles. The Hall–Kier alpha value is -2.93. The van der Waals surface area contributed by atoms with Crippen LogP contribution in [0.5, 0.6) is 17.2 Å². The highest BCUT2D eigenvalue weighted by Gasteiger charge is 2.20. The van der Waals surface area contributed by atoms with E-state index in [1.54, 1.807) is 0 Å². The molecule has 3 rings (SSSR count). The minimum Gasteiger partial charge on any atom is -0.505 e. The van der Waals surface area contributed by atoms with E-state index in [1.807, 2.05) is 6.92 Å². The van der Waals surface area contributed by atoms with Gasteiger partial charge in [-0.3, -0.25) is 0 Å². The van der Waals surface area contributed by atoms with Crippen LogP contribution in [0, 0.1) is 11.6 Å². The maximum atomic E-state index is 13.8. The van der Waals surface area contributed by atoms with E-state index in [9.17, 15) is 18.7 Å². The van der Waals surface area contributed by atoms with Crippen LogP contribution in [0.4, 0.5) is 8.78 Å². The fourth-order valence-electron chi connectivity index (χ4n) is 2.51. The van der Waals surface area contributed by atoms with Crippen molar-refractivity contribution in [1.82, 2.24) is 4.98 Å². The zero-order valence-electron chi connectivity index (χ0n) is 14.8. The first-order valence-corrected chi connectivity index (χ1v) is 8.91. The lowest BCUT2D eigenvalue weighted by Gasteiger charge is -2.11. The van der Waals surface area contributed by atoms with Gasteiger partial charge in [-0.25, -0.2) is 14.2 Å². The summed E-state index contributed by atoms with van der Waals surface area (Å²) >= 11 is 6.15. The van der Waals surface area contributed by atoms with Gasteiger partial charge >= 0.3 is 5.97 Å². The Labute approximate surface area is 164 Å². The number of nitrogens with zero attached hydrogens (tertiary/aromatic N) is 1. The molecule has 0 spiro atoms. The third-order valence-electron chi connectivity index (χ3n) is 3.97. The first-order chi connectivity index (χ1) is 13.4. The average Bonchev–Trinajstić information content (AvgIpc) is 2.68. The number of fused-ring (bicyclic) bond motifs is 1. The summed E-state index contributed by atoms with van der Waals surface area (Å²) in [5.74, 6) is -3.48. The molecule has 5 nitrogen and oxygen atoms in total. The van der Waals surface area contributed by atoms with Crippen LogP contribution in [-0.4, -0.2) is 22.7 Å². The molecule has 0 aliphatic rings. The monoisotopic (exact) mass is 407 g/mol. The van der Waals surface area contributed by atoms with E-state index < -0.39 is 17.6 Å². The Morgan fingerprint density at radius 3 is 2.75 bits per heavy atom. The molecule has 0 radical (unpaired) electrons. The fraction of sp³-hybridized carbons (Fsp3) is 0.200. The van der Waals surface area contributed by atoms with E-state index in [-0.39, 0.29) is 45.5 Å². The van der Waals surface area contributed by atoms with Gasteiger partial charge in [-0.05, 0) is 36.8 Å². The Bertz CT molecular complexity index is 1040. The summed E-state index contributed by atoms with van der Waals surface area (Å²) in [6, 6.07) is 7.83. The van der Waals surface area contributed by atoms with Crippen LogP contribution in [0.25, 0.3) is 10.8 Å². The summed E-state index contributed by atoms with van der Waals surface area (Å²) in [4.78, 5) is 16.0. The summed E-state index contributed by atoms with van der Waals surface area (Å²) in [6.07, 6.45) is 1.53. The number of carbonyl (C=O) groups excluding carboxylic acids is 1. The van der Waals surface area contributed by atoms with Crippen molar-refractivity contribution in [3.8, 4) is 17.2 Å². The number of aromatic hydroxyl groups is 1. The first kappa shape index (κ1) is 19.8. The maximum absolute atomic E-state index is 13.8. The van der Waals surface area contributed by atoms with Crippen LogP contribution in [0.15, 0.2) is 36.4 Å². The van der Waals surface area contributed by atoms with Crippen molar-refractivity contribution in [3.05, 3.63) is 58.9 Å². The molecule has 0 aliphatic carbocycles. The van der Waals surface area contributed by atoms with E-state index in [1.165, 1.54) is 30.3 Å². The van der Waals surface area contributed by atoms with Gasteiger partial charge in [0.2, 0.25) is 5.82 Å². The van der Waals surface area contributed by atoms with E-state index >= 15 is 0 Å². The van der Waals surface area contributed by atoms with E-state index in [0.29, 0.717) is 6.42 Å². The Balaban J connectivity index is 1.95. The molecule has 1 aromatic heterocycles. The third kappa shape index (κ3) is 3.99. The van der Waals surface area contributed by atoms with Gasteiger partial charge in [0.15, 0.2) is 23.0 Å². The molecule has 8 heteroatoms. The number of ether oxygens (including phenoxy) is 2. The SMILES string of the molecule is CCCCOC(=O)c1nc(Cl)c2cc(Oc3cccc(F)c3F)ccc2c1O. The van der Waals surface area contributed by atoms with Gasteiger partial charge in [-0.15, -0.1) is 0 Å². The maximum Gasteiger partial charge on any atom is 0.360 e. The van der Waals surface area contributed by atoms with Crippen molar-refractivity contribution < 1.29 is 28.2 Å². The molecule has 0 saturated heterocycles. The predicted octanol–water partition coefficient (Wildman–Crippen LogP) is 5.62. The van der Waals surface area contributed by atoms with Crippen LogP contribution < -0.4 is 4.74 Å². The number of unbranched alkanes of at least 4 members (excludes halogenated alkanes) is 1. The zero-order chi connectivity index (χ0) is 20.3. The Morgan fingerprint density at radius 2 is 2.00 bits per heavy atom. The lowest BCUT2D eigenvalue weighted by Crippen LogP contribution is -2.09. The number of benzene rings is 2. The zero-order valence-corrected chi connectivity index (χ0v) is 15.6. The van der Waals surface area contributed by atoms with E-state index in [2.05, 4.69) is 4.98 Å². The van der Waals surface area contributed by atoms with Gasteiger partial charge in [-0.2, -0.15) is 4.39 Å². The molecule has 0 fully saturated rings. The number of halogens is 3. The molecule has 28 heavy (non-hydrogen) atoms. The predicted molar refractivity (Wildman–Crippen MR) is 100 cm³/mol. The van der Waals surface area contributed by atoms with E-state index in [4.69, 9.17) is 21.1 Å². The number of aromatic nitrogens is 1. The molecule has 0 unspecified atom stereocenters. The standard InChI is InChI=1S/C20H16ClF2NO4/c1-2-3-9-27-20(26)17-18(25)12-8-7-11(10-13(12)19(21)24-17)28-15-6-4-5-14(22)16(15)23/h4-8,10,25H,2-3,9H2,1H3. The molecular weight excluding hydrogens is 392 g/mol. The molecule has 0 atom stereocenters. The molecule has 2 aromatic carbocycles. The summed E-state index contributed by atoms with van der Waals surface area (Å²) in [5.41, 5.74) is -0.293. The van der Waals surface area contributed by atoms with Crippen molar-refractivity contribution in [2.24, 2.45) is 0 Å². The second kappa shape index (κ2) is 8.39. The van der Waals surface area contributed by atoms with Crippen LogP contribution in [0.2, 0.25) is 5.15 Å². The largest absolute Gasteiger partial charge is 0.505 e. The van der Waals surface area contributed by atoms with Crippen molar-refractivity contribution in [3.63, 3.8) is 0 Å². The number of hydrogen-bond donors (Lipinski definition) is 1. The number of pyridine rings is 1. The van der Waals surface area contributed by atoms with Crippen LogP contribution >= 0.6 is 11.6 Å². The smallest absolute Gasteiger partial charge is 0.360 e. The average molecular weight is 408 g/mol. The molecule has 0 bridgehead atoms. The first-order valence-electron chi connectivity index (χ1n) is 8.53. The highest BCUT2D eigenvalue weighted by Crippen LogP contribution is 2.36. The number of rotatable bonds is 6. The number of hydrogen-bond acceptors (Lipinski definition) is 5. The summed E-state index contributed by atoms with van der Waals surface area (Å²) in [5, 5.41) is 10.8. The van der Waals surface area contributed by atoms with Crippen molar-refractivity contribution in [2.45, 2.75) is 19.8 Å². The van der Waals surface area contributed by atoms with E-state index in [0.717, 1.165) is 12.5 Å². The third-order valence-corrected chi connectivity index (χ3v) is 4.26. The summed E-state index contributed by atoms with van der Waals surface area (Å²) in [7, 11) is 0. The number of esters is 1. The second-order valence-corrected chi connectivity index (χ2v) is 6.31. The van der Waals surface area contributed by atoms with Crippen LogP contribution in [0.3, 0.4) is 0 Å². The quantitative estimate of drug-likeness (QED) is 0.326. The van der Waals surface area contributed by atoms with Gasteiger partial charge in [-0.1, -0.05) is 31.0 Å². The summed E-state index contributed by atoms with van der Waals surface area (Å²) in [6.45, 7) is 2.16. The topological polar surface area (TPSA) is 68.7 Å². The summed E-state index contributed by atoms with van der Waals surface area (Å²) < 4.78 is 37.5. The van der Waals surface area contributed by atoms with Crippen LogP contribution in [0.1, 0.15) is 30.3 Å². The number of carbonyl (C=O) groups is 1. The molecule has 1 N–H and O–H groups in total. The lowest BCUT2D eigenvalue weighted by molar-refractivity contribution is 0.0489. The van der Waals surface area contributed by atoms with Crippen LogP contribution in [-0.2, 0) is 4.74 Å². The van der Waals surface area contributed by atoms with Gasteiger partial charge < -0.3 is 14.6 Å². The highest BCUT2D eigenvalue weighted by atomic mass is 35.5. The molecule has 0 aliphatic heterocycles.